The molecular weight excluding hydrogens is 232 g/mol. The second kappa shape index (κ2) is 5.49. The smallest absolute Gasteiger partial charge is 0.188 e. The Hall–Kier alpha value is -1.10. The number of nitrogens with one attached hydrogen (secondary N) is 1. The van der Waals surface area contributed by atoms with Gasteiger partial charge in [-0.1, -0.05) is 13.8 Å². The van der Waals surface area contributed by atoms with Crippen molar-refractivity contribution in [1.29, 1.82) is 0 Å². The molecule has 3 N–H and O–H groups in total. The van der Waals surface area contributed by atoms with Crippen molar-refractivity contribution >= 4 is 17.3 Å². The first kappa shape index (κ1) is 12.4. The molecule has 0 aliphatic heterocycles. The number of aromatic nitrogens is 1. The van der Waals surface area contributed by atoms with E-state index in [4.69, 9.17) is 5.73 Å². The maximum Gasteiger partial charge on any atom is 0.188 e. The number of hydrogen-bond acceptors (Lipinski definition) is 3. The highest BCUT2D eigenvalue weighted by Crippen LogP contribution is 2.19. The number of aliphatic imine (C=N–C) groups is 1. The minimum absolute atomic E-state index is 0.513. The van der Waals surface area contributed by atoms with Gasteiger partial charge in [-0.25, -0.2) is 4.98 Å². The average Bonchev–Trinajstić information content (AvgIpc) is 2.94. The summed E-state index contributed by atoms with van der Waals surface area (Å²) in [7, 11) is 0. The van der Waals surface area contributed by atoms with E-state index in [1.165, 1.54) is 17.8 Å². The van der Waals surface area contributed by atoms with E-state index in [0.717, 1.165) is 12.1 Å². The second-order valence-electron chi connectivity index (χ2n) is 4.77. The van der Waals surface area contributed by atoms with Crippen molar-refractivity contribution in [3.8, 4) is 0 Å². The van der Waals surface area contributed by atoms with E-state index in [1.54, 1.807) is 11.3 Å². The predicted octanol–water partition coefficient (Wildman–Crippen LogP) is 1.88. The second-order valence-corrected chi connectivity index (χ2v) is 5.66. The molecule has 0 atom stereocenters. The number of thiazole rings is 1. The van der Waals surface area contributed by atoms with Gasteiger partial charge in [0.2, 0.25) is 0 Å². The molecule has 0 bridgehead atoms. The van der Waals surface area contributed by atoms with E-state index >= 15 is 0 Å². The maximum atomic E-state index is 5.75. The van der Waals surface area contributed by atoms with E-state index in [2.05, 4.69) is 34.5 Å². The SMILES string of the molecule is CC(C)c1nc(CCN=C(N)NC2CC2)cs1. The molecule has 17 heavy (non-hydrogen) atoms. The Bertz CT molecular complexity index is 393. The van der Waals surface area contributed by atoms with Crippen molar-refractivity contribution < 1.29 is 0 Å². The van der Waals surface area contributed by atoms with Crippen molar-refractivity contribution in [2.24, 2.45) is 10.7 Å². The van der Waals surface area contributed by atoms with Gasteiger partial charge in [0.1, 0.15) is 0 Å². The molecule has 0 saturated heterocycles. The first-order valence-corrected chi connectivity index (χ1v) is 7.04. The van der Waals surface area contributed by atoms with Crippen LogP contribution in [0, 0.1) is 0 Å². The zero-order valence-corrected chi connectivity index (χ0v) is 11.3. The Labute approximate surface area is 106 Å². The third-order valence-electron chi connectivity index (χ3n) is 2.64. The topological polar surface area (TPSA) is 63.3 Å². The normalized spacial score (nSPS) is 16.5. The molecule has 0 aromatic carbocycles. The summed E-state index contributed by atoms with van der Waals surface area (Å²) in [4.78, 5) is 8.87. The number of guanidine groups is 1. The van der Waals surface area contributed by atoms with Gasteiger partial charge in [-0.3, -0.25) is 4.99 Å². The van der Waals surface area contributed by atoms with E-state index < -0.39 is 0 Å². The van der Waals surface area contributed by atoms with Gasteiger partial charge in [0.15, 0.2) is 5.96 Å². The average molecular weight is 252 g/mol. The molecular formula is C12H20N4S. The third kappa shape index (κ3) is 4.00. The van der Waals surface area contributed by atoms with E-state index in [0.29, 0.717) is 24.5 Å². The molecule has 1 aromatic rings. The van der Waals surface area contributed by atoms with Gasteiger partial charge in [-0.2, -0.15) is 0 Å². The molecule has 1 heterocycles. The summed E-state index contributed by atoms with van der Waals surface area (Å²) >= 11 is 1.73. The van der Waals surface area contributed by atoms with E-state index in [9.17, 15) is 0 Å². The largest absolute Gasteiger partial charge is 0.370 e. The van der Waals surface area contributed by atoms with Crippen LogP contribution in [0.2, 0.25) is 0 Å². The molecule has 5 heteroatoms. The van der Waals surface area contributed by atoms with Crippen LogP contribution in [0.1, 0.15) is 43.3 Å². The maximum absolute atomic E-state index is 5.75. The Morgan fingerprint density at radius 1 is 1.65 bits per heavy atom. The zero-order chi connectivity index (χ0) is 12.3. The van der Waals surface area contributed by atoms with Crippen LogP contribution < -0.4 is 11.1 Å². The number of hydrogen-bond donors (Lipinski definition) is 2. The summed E-state index contributed by atoms with van der Waals surface area (Å²) in [5.74, 6) is 1.09. The zero-order valence-electron chi connectivity index (χ0n) is 10.4. The van der Waals surface area contributed by atoms with Gasteiger partial charge in [0, 0.05) is 30.3 Å². The van der Waals surface area contributed by atoms with Crippen molar-refractivity contribution in [1.82, 2.24) is 10.3 Å². The molecule has 0 unspecified atom stereocenters. The van der Waals surface area contributed by atoms with Crippen LogP contribution in [0.15, 0.2) is 10.4 Å². The first-order chi connectivity index (χ1) is 8.15. The molecule has 2 rings (SSSR count). The highest BCUT2D eigenvalue weighted by atomic mass is 32.1. The lowest BCUT2D eigenvalue weighted by Crippen LogP contribution is -2.33. The van der Waals surface area contributed by atoms with Crippen LogP contribution >= 0.6 is 11.3 Å². The standard InChI is InChI=1S/C12H20N4S/c1-8(2)11-15-10(7-17-11)5-6-14-12(13)16-9-3-4-9/h7-9H,3-6H2,1-2H3,(H3,13,14,16). The Balaban J connectivity index is 1.76. The quantitative estimate of drug-likeness (QED) is 0.621. The van der Waals surface area contributed by atoms with Crippen LogP contribution in [0.3, 0.4) is 0 Å². The lowest BCUT2D eigenvalue weighted by molar-refractivity contribution is 0.826. The van der Waals surface area contributed by atoms with Crippen molar-refractivity contribution in [2.75, 3.05) is 6.54 Å². The number of nitrogens with zero attached hydrogens (tertiary/aromatic N) is 2. The fourth-order valence-corrected chi connectivity index (χ4v) is 2.35. The molecule has 1 aliphatic carbocycles. The van der Waals surface area contributed by atoms with E-state index in [1.807, 2.05) is 0 Å². The van der Waals surface area contributed by atoms with Crippen LogP contribution in [-0.2, 0) is 6.42 Å². The number of nitrogens with two attached hydrogens (primary N) is 1. The van der Waals surface area contributed by atoms with Crippen LogP contribution in [-0.4, -0.2) is 23.5 Å². The van der Waals surface area contributed by atoms with Crippen LogP contribution in [0.5, 0.6) is 0 Å². The molecule has 4 nitrogen and oxygen atoms in total. The molecule has 1 aliphatic rings. The highest BCUT2D eigenvalue weighted by Gasteiger charge is 2.21. The van der Waals surface area contributed by atoms with Gasteiger partial charge >= 0.3 is 0 Å². The molecule has 94 valence electrons. The minimum Gasteiger partial charge on any atom is -0.370 e. The predicted molar refractivity (Wildman–Crippen MR) is 72.6 cm³/mol. The molecule has 1 saturated carbocycles. The Kier molecular flexibility index (Phi) is 3.99. The summed E-state index contributed by atoms with van der Waals surface area (Å²) in [6.07, 6.45) is 3.32. The fraction of sp³-hybridized carbons (Fsp3) is 0.667. The fourth-order valence-electron chi connectivity index (χ4n) is 1.48. The minimum atomic E-state index is 0.513. The van der Waals surface area contributed by atoms with Gasteiger partial charge in [0.25, 0.3) is 0 Å². The van der Waals surface area contributed by atoms with Crippen molar-refractivity contribution in [3.05, 3.63) is 16.1 Å². The first-order valence-electron chi connectivity index (χ1n) is 6.16. The summed E-state index contributed by atoms with van der Waals surface area (Å²) in [6, 6.07) is 0.575. The molecule has 0 radical (unpaired) electrons. The molecule has 0 amide bonds. The molecule has 0 spiro atoms. The van der Waals surface area contributed by atoms with Crippen LogP contribution in [0.25, 0.3) is 0 Å². The van der Waals surface area contributed by atoms with E-state index in [-0.39, 0.29) is 0 Å². The van der Waals surface area contributed by atoms with Gasteiger partial charge in [-0.15, -0.1) is 11.3 Å². The van der Waals surface area contributed by atoms with Gasteiger partial charge in [-0.05, 0) is 12.8 Å². The summed E-state index contributed by atoms with van der Waals surface area (Å²) in [5, 5.41) is 6.50. The number of rotatable bonds is 5. The lowest BCUT2D eigenvalue weighted by Gasteiger charge is -2.02. The summed E-state index contributed by atoms with van der Waals surface area (Å²) in [5.41, 5.74) is 6.88. The third-order valence-corrected chi connectivity index (χ3v) is 3.84. The summed E-state index contributed by atoms with van der Waals surface area (Å²) < 4.78 is 0. The molecule has 1 fully saturated rings. The van der Waals surface area contributed by atoms with Crippen LogP contribution in [0.4, 0.5) is 0 Å². The highest BCUT2D eigenvalue weighted by molar-refractivity contribution is 7.09. The van der Waals surface area contributed by atoms with Crippen molar-refractivity contribution in [2.45, 2.75) is 45.1 Å². The monoisotopic (exact) mass is 252 g/mol. The van der Waals surface area contributed by atoms with Gasteiger partial charge in [0.05, 0.1) is 10.7 Å². The summed E-state index contributed by atoms with van der Waals surface area (Å²) in [6.45, 7) is 5.05. The Morgan fingerprint density at radius 2 is 2.41 bits per heavy atom. The van der Waals surface area contributed by atoms with Crippen molar-refractivity contribution in [3.63, 3.8) is 0 Å². The lowest BCUT2D eigenvalue weighted by atomic mass is 10.2. The van der Waals surface area contributed by atoms with Gasteiger partial charge < -0.3 is 11.1 Å². The Morgan fingerprint density at radius 3 is 3.00 bits per heavy atom. The molecule has 1 aromatic heterocycles.